The monoisotopic (exact) mass is 244 g/mol. The third-order valence-corrected chi connectivity index (χ3v) is 3.99. The van der Waals surface area contributed by atoms with Crippen molar-refractivity contribution in [2.75, 3.05) is 13.2 Å². The smallest absolute Gasteiger partial charge is 0.0652 e. The van der Waals surface area contributed by atoms with Gasteiger partial charge in [-0.15, -0.1) is 0 Å². The molecule has 3 heteroatoms. The molecule has 0 heterocycles. The van der Waals surface area contributed by atoms with E-state index in [0.717, 1.165) is 24.9 Å². The number of nitrogens with zero attached hydrogens (tertiary/aromatic N) is 1. The van der Waals surface area contributed by atoms with Crippen LogP contribution < -0.4 is 5.32 Å². The third-order valence-electron chi connectivity index (χ3n) is 3.99. The fourth-order valence-corrected chi connectivity index (χ4v) is 2.20. The maximum atomic E-state index is 9.66. The van der Waals surface area contributed by atoms with Crippen molar-refractivity contribution in [3.8, 4) is 6.07 Å². The van der Waals surface area contributed by atoms with E-state index in [0.29, 0.717) is 6.42 Å². The fraction of sp³-hybridized carbons (Fsp3) is 0.533. The van der Waals surface area contributed by atoms with Crippen molar-refractivity contribution in [3.05, 3.63) is 35.9 Å². The van der Waals surface area contributed by atoms with Gasteiger partial charge < -0.3 is 10.4 Å². The van der Waals surface area contributed by atoms with Gasteiger partial charge in [0.25, 0.3) is 0 Å². The van der Waals surface area contributed by atoms with Gasteiger partial charge in [0, 0.05) is 13.0 Å². The predicted molar refractivity (Wildman–Crippen MR) is 70.8 cm³/mol. The summed E-state index contributed by atoms with van der Waals surface area (Å²) in [5, 5.41) is 21.9. The lowest BCUT2D eigenvalue weighted by Gasteiger charge is -2.31. The van der Waals surface area contributed by atoms with Crippen molar-refractivity contribution in [1.82, 2.24) is 5.32 Å². The van der Waals surface area contributed by atoms with Gasteiger partial charge in [-0.2, -0.15) is 5.26 Å². The molecule has 0 aromatic heterocycles. The predicted octanol–water partition coefficient (Wildman–Crippen LogP) is 2.18. The molecule has 2 rings (SSSR count). The summed E-state index contributed by atoms with van der Waals surface area (Å²) in [4.78, 5) is 0. The second-order valence-electron chi connectivity index (χ2n) is 5.54. The minimum absolute atomic E-state index is 0.0552. The Kier molecular flexibility index (Phi) is 3.70. The normalized spacial score (nSPS) is 19.8. The highest BCUT2D eigenvalue weighted by molar-refractivity contribution is 5.24. The van der Waals surface area contributed by atoms with Crippen LogP contribution in [0.3, 0.4) is 0 Å². The van der Waals surface area contributed by atoms with Gasteiger partial charge in [0.15, 0.2) is 0 Å². The van der Waals surface area contributed by atoms with E-state index < -0.39 is 5.54 Å². The molecule has 18 heavy (non-hydrogen) atoms. The van der Waals surface area contributed by atoms with Crippen LogP contribution in [0.2, 0.25) is 0 Å². The van der Waals surface area contributed by atoms with Crippen molar-refractivity contribution in [1.29, 1.82) is 5.26 Å². The van der Waals surface area contributed by atoms with Crippen LogP contribution in [0.4, 0.5) is 0 Å². The summed E-state index contributed by atoms with van der Waals surface area (Å²) < 4.78 is 0. The largest absolute Gasteiger partial charge is 0.394 e. The molecule has 1 unspecified atom stereocenters. The molecule has 3 nitrogen and oxygen atoms in total. The number of hydrogen-bond donors (Lipinski definition) is 2. The maximum absolute atomic E-state index is 9.66. The van der Waals surface area contributed by atoms with Crippen molar-refractivity contribution in [2.45, 2.75) is 31.7 Å². The second kappa shape index (κ2) is 5.09. The molecular formula is C15H20N2O. The van der Waals surface area contributed by atoms with Crippen LogP contribution in [-0.4, -0.2) is 18.3 Å². The molecule has 0 aliphatic heterocycles. The first-order valence-corrected chi connectivity index (χ1v) is 6.43. The summed E-state index contributed by atoms with van der Waals surface area (Å²) in [5.41, 5.74) is 0.812. The zero-order chi connectivity index (χ0) is 13.1. The van der Waals surface area contributed by atoms with Crippen LogP contribution in [0.1, 0.15) is 31.7 Å². The molecule has 0 saturated heterocycles. The number of hydrogen-bond acceptors (Lipinski definition) is 3. The number of aliphatic hydroxyl groups excluding tert-OH is 1. The fourth-order valence-electron chi connectivity index (χ4n) is 2.20. The van der Waals surface area contributed by atoms with Crippen molar-refractivity contribution < 1.29 is 5.11 Å². The van der Waals surface area contributed by atoms with E-state index in [-0.39, 0.29) is 12.0 Å². The van der Waals surface area contributed by atoms with E-state index in [4.69, 9.17) is 5.26 Å². The Hall–Kier alpha value is -1.37. The molecule has 1 atom stereocenters. The Morgan fingerprint density at radius 3 is 2.56 bits per heavy atom. The van der Waals surface area contributed by atoms with E-state index in [2.05, 4.69) is 11.4 Å². The minimum atomic E-state index is -0.424. The lowest BCUT2D eigenvalue weighted by Crippen LogP contribution is -2.45. The lowest BCUT2D eigenvalue weighted by molar-refractivity contribution is 0.167. The van der Waals surface area contributed by atoms with E-state index in [1.807, 2.05) is 37.3 Å². The summed E-state index contributed by atoms with van der Waals surface area (Å²) in [6, 6.07) is 12.2. The molecule has 0 spiro atoms. The SMILES string of the molecule is CC(CO)(NCC1(CC#N)CC1)c1ccccc1. The summed E-state index contributed by atoms with van der Waals surface area (Å²) in [6.45, 7) is 2.86. The van der Waals surface area contributed by atoms with Gasteiger partial charge in [-0.25, -0.2) is 0 Å². The molecular weight excluding hydrogens is 224 g/mol. The molecule has 96 valence electrons. The van der Waals surface area contributed by atoms with Gasteiger partial charge in [0.05, 0.1) is 18.2 Å². The Balaban J connectivity index is 2.03. The summed E-state index contributed by atoms with van der Waals surface area (Å²) >= 11 is 0. The van der Waals surface area contributed by atoms with E-state index >= 15 is 0 Å². The van der Waals surface area contributed by atoms with Crippen molar-refractivity contribution >= 4 is 0 Å². The molecule has 1 aliphatic carbocycles. The highest BCUT2D eigenvalue weighted by Crippen LogP contribution is 2.48. The maximum Gasteiger partial charge on any atom is 0.0652 e. The van der Waals surface area contributed by atoms with E-state index in [9.17, 15) is 5.11 Å². The van der Waals surface area contributed by atoms with Crippen LogP contribution in [0.15, 0.2) is 30.3 Å². The summed E-state index contributed by atoms with van der Waals surface area (Å²) in [6.07, 6.45) is 2.84. The molecule has 0 amide bonds. The van der Waals surface area contributed by atoms with Gasteiger partial charge in [0.1, 0.15) is 0 Å². The topological polar surface area (TPSA) is 56.0 Å². The highest BCUT2D eigenvalue weighted by atomic mass is 16.3. The number of nitriles is 1. The van der Waals surface area contributed by atoms with Gasteiger partial charge >= 0.3 is 0 Å². The molecule has 1 fully saturated rings. The van der Waals surface area contributed by atoms with Crippen LogP contribution >= 0.6 is 0 Å². The zero-order valence-corrected chi connectivity index (χ0v) is 10.8. The molecule has 1 saturated carbocycles. The van der Waals surface area contributed by atoms with Gasteiger partial charge in [0.2, 0.25) is 0 Å². The average molecular weight is 244 g/mol. The Bertz CT molecular complexity index is 434. The van der Waals surface area contributed by atoms with E-state index in [1.54, 1.807) is 0 Å². The molecule has 1 aliphatic rings. The number of benzene rings is 1. The zero-order valence-electron chi connectivity index (χ0n) is 10.8. The lowest BCUT2D eigenvalue weighted by atomic mass is 9.91. The summed E-state index contributed by atoms with van der Waals surface area (Å²) in [7, 11) is 0. The van der Waals surface area contributed by atoms with Crippen molar-refractivity contribution in [3.63, 3.8) is 0 Å². The first-order valence-electron chi connectivity index (χ1n) is 6.43. The number of nitrogens with one attached hydrogen (secondary N) is 1. The first-order chi connectivity index (χ1) is 8.64. The Labute approximate surface area is 108 Å². The van der Waals surface area contributed by atoms with Gasteiger partial charge in [-0.1, -0.05) is 30.3 Å². The number of rotatable bonds is 6. The van der Waals surface area contributed by atoms with Gasteiger partial charge in [-0.3, -0.25) is 0 Å². The second-order valence-corrected chi connectivity index (χ2v) is 5.54. The highest BCUT2D eigenvalue weighted by Gasteiger charge is 2.43. The van der Waals surface area contributed by atoms with E-state index in [1.165, 1.54) is 0 Å². The molecule has 1 aromatic carbocycles. The third kappa shape index (κ3) is 2.72. The van der Waals surface area contributed by atoms with Crippen molar-refractivity contribution in [2.24, 2.45) is 5.41 Å². The quantitative estimate of drug-likeness (QED) is 0.806. The van der Waals surface area contributed by atoms with Crippen LogP contribution in [0.25, 0.3) is 0 Å². The van der Waals surface area contributed by atoms with Crippen LogP contribution in [0, 0.1) is 16.7 Å². The molecule has 0 radical (unpaired) electrons. The Morgan fingerprint density at radius 2 is 2.06 bits per heavy atom. The molecule has 0 bridgehead atoms. The Morgan fingerprint density at radius 1 is 1.39 bits per heavy atom. The van der Waals surface area contributed by atoms with Crippen LogP contribution in [-0.2, 0) is 5.54 Å². The standard InChI is InChI=1S/C15H20N2O/c1-14(12-18,13-5-3-2-4-6-13)17-11-15(7-8-15)9-10-16/h2-6,17-18H,7-9,11-12H2,1H3. The molecule has 2 N–H and O–H groups in total. The minimum Gasteiger partial charge on any atom is -0.394 e. The number of aliphatic hydroxyl groups is 1. The first kappa shape index (κ1) is 13.1. The molecule has 1 aromatic rings. The summed E-state index contributed by atoms with van der Waals surface area (Å²) in [5.74, 6) is 0. The van der Waals surface area contributed by atoms with Gasteiger partial charge in [-0.05, 0) is 30.7 Å². The average Bonchev–Trinajstić information content (AvgIpc) is 3.18. The van der Waals surface area contributed by atoms with Crippen LogP contribution in [0.5, 0.6) is 0 Å².